The zero-order chi connectivity index (χ0) is 12.3. The third-order valence-electron chi connectivity index (χ3n) is 2.31. The first kappa shape index (κ1) is 13.4. The van der Waals surface area contributed by atoms with Crippen molar-refractivity contribution in [3.05, 3.63) is 16.4 Å². The standard InChI is InChI=1S/C10H15ClN2O2S/c1-6(10(14)15)4-16-5-8-7(2)12-13(3)9(8)11/h6H,4-5H2,1-3H3,(H,14,15). The Morgan fingerprint density at radius 1 is 1.69 bits per heavy atom. The van der Waals surface area contributed by atoms with Gasteiger partial charge in [-0.3, -0.25) is 9.48 Å². The van der Waals surface area contributed by atoms with E-state index in [2.05, 4.69) is 5.10 Å². The summed E-state index contributed by atoms with van der Waals surface area (Å²) in [4.78, 5) is 10.6. The van der Waals surface area contributed by atoms with Gasteiger partial charge in [0.05, 0.1) is 11.6 Å². The van der Waals surface area contributed by atoms with Gasteiger partial charge in [0, 0.05) is 24.1 Å². The first-order chi connectivity index (χ1) is 7.43. The van der Waals surface area contributed by atoms with Crippen molar-refractivity contribution in [1.29, 1.82) is 0 Å². The van der Waals surface area contributed by atoms with Gasteiger partial charge in [-0.1, -0.05) is 18.5 Å². The number of carboxylic acids is 1. The second-order valence-corrected chi connectivity index (χ2v) is 5.12. The molecular formula is C10H15ClN2O2S. The van der Waals surface area contributed by atoms with Crippen LogP contribution < -0.4 is 0 Å². The molecule has 0 aliphatic heterocycles. The number of nitrogens with zero attached hydrogens (tertiary/aromatic N) is 2. The highest BCUT2D eigenvalue weighted by molar-refractivity contribution is 7.98. The number of aryl methyl sites for hydroxylation is 2. The Labute approximate surface area is 104 Å². The van der Waals surface area contributed by atoms with Crippen LogP contribution in [0.4, 0.5) is 0 Å². The summed E-state index contributed by atoms with van der Waals surface area (Å²) in [6.07, 6.45) is 0. The summed E-state index contributed by atoms with van der Waals surface area (Å²) < 4.78 is 1.63. The highest BCUT2D eigenvalue weighted by Crippen LogP contribution is 2.24. The van der Waals surface area contributed by atoms with E-state index in [4.69, 9.17) is 16.7 Å². The Hall–Kier alpha value is -0.680. The normalized spacial score (nSPS) is 12.8. The quantitative estimate of drug-likeness (QED) is 0.885. The molecule has 0 bridgehead atoms. The summed E-state index contributed by atoms with van der Waals surface area (Å²) >= 11 is 7.63. The van der Waals surface area contributed by atoms with Crippen LogP contribution in [0.3, 0.4) is 0 Å². The molecule has 1 aromatic rings. The zero-order valence-electron chi connectivity index (χ0n) is 9.53. The molecule has 4 nitrogen and oxygen atoms in total. The van der Waals surface area contributed by atoms with E-state index in [9.17, 15) is 4.79 Å². The van der Waals surface area contributed by atoms with E-state index in [-0.39, 0.29) is 5.92 Å². The summed E-state index contributed by atoms with van der Waals surface area (Å²) in [5.74, 6) is 0.193. The Bertz CT molecular complexity index is 392. The number of hydrogen-bond acceptors (Lipinski definition) is 3. The van der Waals surface area contributed by atoms with Crippen molar-refractivity contribution in [3.8, 4) is 0 Å². The van der Waals surface area contributed by atoms with Crippen LogP contribution in [0.1, 0.15) is 18.2 Å². The maximum absolute atomic E-state index is 10.6. The Kier molecular flexibility index (Phi) is 4.68. The van der Waals surface area contributed by atoms with Crippen molar-refractivity contribution in [3.63, 3.8) is 0 Å². The number of aliphatic carboxylic acids is 1. The van der Waals surface area contributed by atoms with Crippen LogP contribution in [0.15, 0.2) is 0 Å². The number of thioether (sulfide) groups is 1. The Morgan fingerprint density at radius 3 is 2.75 bits per heavy atom. The van der Waals surface area contributed by atoms with E-state index >= 15 is 0 Å². The molecule has 0 aliphatic rings. The van der Waals surface area contributed by atoms with Crippen LogP contribution >= 0.6 is 23.4 Å². The second-order valence-electron chi connectivity index (χ2n) is 3.73. The van der Waals surface area contributed by atoms with E-state index in [1.165, 1.54) is 0 Å². The first-order valence-electron chi connectivity index (χ1n) is 4.92. The molecule has 0 aromatic carbocycles. The molecule has 0 amide bonds. The van der Waals surface area contributed by atoms with Gasteiger partial charge in [0.15, 0.2) is 0 Å². The van der Waals surface area contributed by atoms with Crippen molar-refractivity contribution < 1.29 is 9.90 Å². The van der Waals surface area contributed by atoms with Crippen LogP contribution in [0.2, 0.25) is 5.15 Å². The molecule has 1 heterocycles. The highest BCUT2D eigenvalue weighted by atomic mass is 35.5. The van der Waals surface area contributed by atoms with Gasteiger partial charge in [-0.15, -0.1) is 0 Å². The van der Waals surface area contributed by atoms with Gasteiger partial charge in [-0.25, -0.2) is 0 Å². The lowest BCUT2D eigenvalue weighted by molar-refractivity contribution is -0.140. The summed E-state index contributed by atoms with van der Waals surface area (Å²) in [6, 6.07) is 0. The molecule has 0 saturated heterocycles. The average Bonchev–Trinajstić information content (AvgIpc) is 2.44. The molecule has 1 unspecified atom stereocenters. The molecule has 1 atom stereocenters. The van der Waals surface area contributed by atoms with E-state index < -0.39 is 5.97 Å². The molecule has 0 spiro atoms. The predicted molar refractivity (Wildman–Crippen MR) is 65.9 cm³/mol. The van der Waals surface area contributed by atoms with Gasteiger partial charge < -0.3 is 5.11 Å². The molecule has 16 heavy (non-hydrogen) atoms. The fourth-order valence-corrected chi connectivity index (χ4v) is 2.73. The number of halogens is 1. The molecular weight excluding hydrogens is 248 g/mol. The van der Waals surface area contributed by atoms with E-state index in [0.29, 0.717) is 16.7 Å². The molecule has 0 radical (unpaired) electrons. The van der Waals surface area contributed by atoms with Crippen molar-refractivity contribution >= 4 is 29.3 Å². The minimum absolute atomic E-state index is 0.333. The van der Waals surface area contributed by atoms with Crippen molar-refractivity contribution in [2.45, 2.75) is 19.6 Å². The molecule has 1 aromatic heterocycles. The molecule has 90 valence electrons. The minimum atomic E-state index is -0.762. The van der Waals surface area contributed by atoms with Gasteiger partial charge in [0.25, 0.3) is 0 Å². The molecule has 0 fully saturated rings. The van der Waals surface area contributed by atoms with Crippen LogP contribution in [-0.4, -0.2) is 26.6 Å². The van der Waals surface area contributed by atoms with Crippen molar-refractivity contribution in [1.82, 2.24) is 9.78 Å². The van der Waals surface area contributed by atoms with E-state index in [0.717, 1.165) is 11.3 Å². The summed E-state index contributed by atoms with van der Waals surface area (Å²) in [5.41, 5.74) is 1.90. The Morgan fingerprint density at radius 2 is 2.31 bits per heavy atom. The number of rotatable bonds is 5. The van der Waals surface area contributed by atoms with Crippen LogP contribution in [-0.2, 0) is 17.6 Å². The molecule has 0 aliphatic carbocycles. The Balaban J connectivity index is 2.52. The SMILES string of the molecule is Cc1nn(C)c(Cl)c1CSCC(C)C(=O)O. The maximum atomic E-state index is 10.6. The summed E-state index contributed by atoms with van der Waals surface area (Å²) in [7, 11) is 1.80. The molecule has 0 saturated carbocycles. The lowest BCUT2D eigenvalue weighted by Crippen LogP contribution is -2.11. The number of carboxylic acid groups (broad SMARTS) is 1. The predicted octanol–water partition coefficient (Wildman–Crippen LogP) is 2.34. The van der Waals surface area contributed by atoms with Crippen LogP contribution in [0.5, 0.6) is 0 Å². The number of aromatic nitrogens is 2. The van der Waals surface area contributed by atoms with E-state index in [1.807, 2.05) is 6.92 Å². The van der Waals surface area contributed by atoms with Crippen LogP contribution in [0.25, 0.3) is 0 Å². The highest BCUT2D eigenvalue weighted by Gasteiger charge is 2.14. The number of hydrogen-bond donors (Lipinski definition) is 1. The van der Waals surface area contributed by atoms with Crippen molar-refractivity contribution in [2.24, 2.45) is 13.0 Å². The van der Waals surface area contributed by atoms with Gasteiger partial charge in [0.2, 0.25) is 0 Å². The largest absolute Gasteiger partial charge is 0.481 e. The van der Waals surface area contributed by atoms with Crippen LogP contribution in [0, 0.1) is 12.8 Å². The fourth-order valence-electron chi connectivity index (χ4n) is 1.25. The molecule has 1 N–H and O–H groups in total. The summed E-state index contributed by atoms with van der Waals surface area (Å²) in [5, 5.41) is 13.6. The zero-order valence-corrected chi connectivity index (χ0v) is 11.1. The molecule has 1 rings (SSSR count). The fraction of sp³-hybridized carbons (Fsp3) is 0.600. The number of carbonyl (C=O) groups is 1. The topological polar surface area (TPSA) is 55.1 Å². The third-order valence-corrected chi connectivity index (χ3v) is 4.01. The second kappa shape index (κ2) is 5.59. The average molecular weight is 263 g/mol. The lowest BCUT2D eigenvalue weighted by Gasteiger charge is -2.05. The van der Waals surface area contributed by atoms with Gasteiger partial charge in [-0.05, 0) is 6.92 Å². The van der Waals surface area contributed by atoms with E-state index in [1.54, 1.807) is 30.4 Å². The third kappa shape index (κ3) is 3.15. The monoisotopic (exact) mass is 262 g/mol. The molecule has 6 heteroatoms. The minimum Gasteiger partial charge on any atom is -0.481 e. The smallest absolute Gasteiger partial charge is 0.307 e. The van der Waals surface area contributed by atoms with Crippen molar-refractivity contribution in [2.75, 3.05) is 5.75 Å². The van der Waals surface area contributed by atoms with Gasteiger partial charge in [0.1, 0.15) is 5.15 Å². The van der Waals surface area contributed by atoms with Gasteiger partial charge in [-0.2, -0.15) is 16.9 Å². The summed E-state index contributed by atoms with van der Waals surface area (Å²) in [6.45, 7) is 3.61. The maximum Gasteiger partial charge on any atom is 0.307 e. The first-order valence-corrected chi connectivity index (χ1v) is 6.45. The lowest BCUT2D eigenvalue weighted by atomic mass is 10.2. The van der Waals surface area contributed by atoms with Gasteiger partial charge >= 0.3 is 5.97 Å².